The number of aliphatic hydroxyl groups excluding tert-OH is 1. The molecule has 4 atom stereocenters. The maximum absolute atomic E-state index is 13.4. The molecule has 3 aliphatic rings. The third kappa shape index (κ3) is 3.31. The van der Waals surface area contributed by atoms with Crippen LogP contribution in [0, 0.1) is 11.8 Å². The van der Waals surface area contributed by atoms with Gasteiger partial charge in [0.2, 0.25) is 5.91 Å². The summed E-state index contributed by atoms with van der Waals surface area (Å²) >= 11 is 0. The van der Waals surface area contributed by atoms with Crippen molar-refractivity contribution >= 4 is 5.91 Å². The van der Waals surface area contributed by atoms with E-state index in [-0.39, 0.29) is 48.0 Å². The van der Waals surface area contributed by atoms with Crippen molar-refractivity contribution in [2.24, 2.45) is 11.8 Å². The third-order valence-electron chi connectivity index (χ3n) is 7.51. The quantitative estimate of drug-likeness (QED) is 0.769. The molecule has 4 heterocycles. The zero-order valence-electron chi connectivity index (χ0n) is 17.9. The average Bonchev–Trinajstić information content (AvgIpc) is 3.37. The second-order valence-corrected chi connectivity index (χ2v) is 9.03. The molecule has 1 saturated heterocycles. The van der Waals surface area contributed by atoms with Gasteiger partial charge in [0, 0.05) is 60.4 Å². The lowest BCUT2D eigenvalue weighted by molar-refractivity contribution is -0.128. The highest BCUT2D eigenvalue weighted by atomic mass is 16.3. The third-order valence-corrected chi connectivity index (χ3v) is 7.51. The van der Waals surface area contributed by atoms with Crippen LogP contribution >= 0.6 is 0 Å². The van der Waals surface area contributed by atoms with Gasteiger partial charge in [-0.1, -0.05) is 25.8 Å². The van der Waals surface area contributed by atoms with Crippen LogP contribution in [-0.4, -0.2) is 50.7 Å². The molecule has 7 heteroatoms. The molecule has 164 valence electrons. The molecule has 0 spiro atoms. The Balaban J connectivity index is 1.56. The predicted octanol–water partition coefficient (Wildman–Crippen LogP) is 1.95. The van der Waals surface area contributed by atoms with Crippen LogP contribution in [0.15, 0.2) is 41.5 Å². The van der Waals surface area contributed by atoms with Gasteiger partial charge in [-0.05, 0) is 37.6 Å². The number of aliphatic hydroxyl groups is 1. The lowest BCUT2D eigenvalue weighted by Gasteiger charge is -2.37. The number of likely N-dealkylation sites (N-methyl/N-ethyl adjacent to an activating group) is 1. The van der Waals surface area contributed by atoms with E-state index in [1.165, 1.54) is 0 Å². The number of pyridine rings is 2. The SMILES string of the molecule is CCN1[C@@H]2Cn3c(ccc(-c4cccnc4)c3=O)[C@H]1[C@@H](C(=O)NC1CCCC1)[C@@H]2CO. The van der Waals surface area contributed by atoms with Crippen LogP contribution in [0.1, 0.15) is 44.3 Å². The molecule has 0 aromatic carbocycles. The Morgan fingerprint density at radius 3 is 2.74 bits per heavy atom. The van der Waals surface area contributed by atoms with E-state index in [0.717, 1.165) is 43.5 Å². The molecule has 2 N–H and O–H groups in total. The van der Waals surface area contributed by atoms with E-state index in [9.17, 15) is 14.7 Å². The number of carbonyl (C=O) groups excluding carboxylic acids is 1. The maximum Gasteiger partial charge on any atom is 0.258 e. The van der Waals surface area contributed by atoms with E-state index < -0.39 is 0 Å². The maximum atomic E-state index is 13.4. The first-order valence-corrected chi connectivity index (χ1v) is 11.4. The van der Waals surface area contributed by atoms with E-state index in [1.807, 2.05) is 28.8 Å². The first-order chi connectivity index (χ1) is 15.1. The summed E-state index contributed by atoms with van der Waals surface area (Å²) in [4.78, 5) is 33.3. The molecule has 0 unspecified atom stereocenters. The van der Waals surface area contributed by atoms with Crippen molar-refractivity contribution < 1.29 is 9.90 Å². The van der Waals surface area contributed by atoms with Gasteiger partial charge >= 0.3 is 0 Å². The van der Waals surface area contributed by atoms with Crippen LogP contribution in [0.5, 0.6) is 0 Å². The molecule has 2 aromatic rings. The zero-order valence-corrected chi connectivity index (χ0v) is 17.9. The Labute approximate surface area is 182 Å². The van der Waals surface area contributed by atoms with Gasteiger partial charge < -0.3 is 15.0 Å². The summed E-state index contributed by atoms with van der Waals surface area (Å²) < 4.78 is 1.83. The smallest absolute Gasteiger partial charge is 0.258 e. The monoisotopic (exact) mass is 422 g/mol. The molecule has 1 amide bonds. The fourth-order valence-corrected chi connectivity index (χ4v) is 6.07. The van der Waals surface area contributed by atoms with Gasteiger partial charge in [0.25, 0.3) is 5.56 Å². The Morgan fingerprint density at radius 2 is 2.06 bits per heavy atom. The first kappa shape index (κ1) is 20.4. The highest BCUT2D eigenvalue weighted by molar-refractivity contribution is 5.81. The van der Waals surface area contributed by atoms with Crippen LogP contribution in [0.4, 0.5) is 0 Å². The summed E-state index contributed by atoms with van der Waals surface area (Å²) in [7, 11) is 0. The summed E-state index contributed by atoms with van der Waals surface area (Å²) in [6.07, 6.45) is 7.76. The molecule has 7 nitrogen and oxygen atoms in total. The summed E-state index contributed by atoms with van der Waals surface area (Å²) in [5.74, 6) is -0.519. The highest BCUT2D eigenvalue weighted by Crippen LogP contribution is 2.48. The van der Waals surface area contributed by atoms with Crippen LogP contribution < -0.4 is 10.9 Å². The average molecular weight is 423 g/mol. The molecule has 2 aromatic heterocycles. The highest BCUT2D eigenvalue weighted by Gasteiger charge is 2.55. The van der Waals surface area contributed by atoms with Gasteiger partial charge in [-0.15, -0.1) is 0 Å². The molecule has 0 radical (unpaired) electrons. The molecule has 1 aliphatic carbocycles. The van der Waals surface area contributed by atoms with Crippen molar-refractivity contribution in [2.75, 3.05) is 13.2 Å². The summed E-state index contributed by atoms with van der Waals surface area (Å²) in [6, 6.07) is 7.57. The van der Waals surface area contributed by atoms with E-state index >= 15 is 0 Å². The van der Waals surface area contributed by atoms with Gasteiger partial charge in [0.15, 0.2) is 0 Å². The second-order valence-electron chi connectivity index (χ2n) is 9.03. The molecule has 1 saturated carbocycles. The molecule has 31 heavy (non-hydrogen) atoms. The fraction of sp³-hybridized carbons (Fsp3) is 0.542. The molecule has 2 fully saturated rings. The van der Waals surface area contributed by atoms with Gasteiger partial charge in [-0.3, -0.25) is 19.5 Å². The van der Waals surface area contributed by atoms with E-state index in [0.29, 0.717) is 12.1 Å². The normalized spacial score (nSPS) is 27.9. The van der Waals surface area contributed by atoms with Crippen molar-refractivity contribution in [3.05, 3.63) is 52.7 Å². The summed E-state index contributed by atoms with van der Waals surface area (Å²) in [5, 5.41) is 13.5. The summed E-state index contributed by atoms with van der Waals surface area (Å²) in [5.41, 5.74) is 2.24. The largest absolute Gasteiger partial charge is 0.396 e. The number of amides is 1. The number of aromatic nitrogens is 2. The molecule has 2 aliphatic heterocycles. The lowest BCUT2D eigenvalue weighted by atomic mass is 9.86. The number of carbonyl (C=O) groups is 1. The number of hydrogen-bond donors (Lipinski definition) is 2. The van der Waals surface area contributed by atoms with Crippen molar-refractivity contribution in [3.63, 3.8) is 0 Å². The van der Waals surface area contributed by atoms with E-state index in [2.05, 4.69) is 22.1 Å². The van der Waals surface area contributed by atoms with E-state index in [4.69, 9.17) is 0 Å². The molecule has 5 rings (SSSR count). The van der Waals surface area contributed by atoms with Crippen molar-refractivity contribution in [2.45, 2.75) is 57.3 Å². The van der Waals surface area contributed by atoms with Crippen LogP contribution in [0.3, 0.4) is 0 Å². The lowest BCUT2D eigenvalue weighted by Crippen LogP contribution is -2.46. The predicted molar refractivity (Wildman–Crippen MR) is 117 cm³/mol. The van der Waals surface area contributed by atoms with Crippen LogP contribution in [-0.2, 0) is 11.3 Å². The van der Waals surface area contributed by atoms with Gasteiger partial charge in [0.1, 0.15) is 0 Å². The summed E-state index contributed by atoms with van der Waals surface area (Å²) in [6.45, 7) is 3.30. The number of fused-ring (bicyclic) bond motifs is 4. The first-order valence-electron chi connectivity index (χ1n) is 11.4. The minimum Gasteiger partial charge on any atom is -0.396 e. The van der Waals surface area contributed by atoms with Crippen molar-refractivity contribution in [1.29, 1.82) is 0 Å². The van der Waals surface area contributed by atoms with Gasteiger partial charge in [-0.25, -0.2) is 0 Å². The second kappa shape index (κ2) is 8.20. The Kier molecular flexibility index (Phi) is 5.40. The minimum absolute atomic E-state index is 0.0223. The Morgan fingerprint density at radius 1 is 1.26 bits per heavy atom. The van der Waals surface area contributed by atoms with Crippen LogP contribution in [0.2, 0.25) is 0 Å². The molecule has 2 bridgehead atoms. The van der Waals surface area contributed by atoms with E-state index in [1.54, 1.807) is 12.4 Å². The van der Waals surface area contributed by atoms with Gasteiger partial charge in [-0.2, -0.15) is 0 Å². The van der Waals surface area contributed by atoms with Gasteiger partial charge in [0.05, 0.1) is 12.0 Å². The number of nitrogens with zero attached hydrogens (tertiary/aromatic N) is 3. The number of hydrogen-bond acceptors (Lipinski definition) is 5. The topological polar surface area (TPSA) is 87.5 Å². The fourth-order valence-electron chi connectivity index (χ4n) is 6.07. The molecular weight excluding hydrogens is 392 g/mol. The Bertz CT molecular complexity index is 1020. The minimum atomic E-state index is -0.354. The Hall–Kier alpha value is -2.51. The van der Waals surface area contributed by atoms with Crippen molar-refractivity contribution in [1.82, 2.24) is 19.8 Å². The molecular formula is C24H30N4O3. The number of rotatable bonds is 5. The number of nitrogens with one attached hydrogen (secondary N) is 1. The van der Waals surface area contributed by atoms with Crippen LogP contribution in [0.25, 0.3) is 11.1 Å². The standard InChI is InChI=1S/C24H30N4O3/c1-2-27-20-13-28-19(10-9-17(24(28)31)15-6-5-11-25-12-15)22(27)21(18(20)14-29)23(30)26-16-7-3-4-8-16/h5-6,9-12,16,18,20-22,29H,2-4,7-8,13-14H2,1H3,(H,26,30)/t18-,20-,21+,22+/m1/s1. The van der Waals surface area contributed by atoms with Crippen molar-refractivity contribution in [3.8, 4) is 11.1 Å². The zero-order chi connectivity index (χ0) is 21.5.